The summed E-state index contributed by atoms with van der Waals surface area (Å²) in [5, 5.41) is 14.9. The van der Waals surface area contributed by atoms with E-state index in [-0.39, 0.29) is 79.0 Å². The number of fused-ring (bicyclic) bond motifs is 2. The van der Waals surface area contributed by atoms with Gasteiger partial charge in [-0.05, 0) is 147 Å². The molecule has 31 heteroatoms. The molecule has 7 aliphatic heterocycles. The first-order valence-electron chi connectivity index (χ1n) is 45.0. The first-order valence-corrected chi connectivity index (χ1v) is 45.7. The van der Waals surface area contributed by atoms with Gasteiger partial charge in [-0.15, -0.1) is 0 Å². The number of hydrogen-bond donors (Lipinski definition) is 5. The molecule has 7 aliphatic rings. The maximum absolute atomic E-state index is 15.1. The van der Waals surface area contributed by atoms with Crippen LogP contribution in [-0.4, -0.2) is 198 Å². The number of halogens is 2. The monoisotopic (exact) mass is 1790 g/mol. The maximum atomic E-state index is 15.1. The number of anilines is 6. The van der Waals surface area contributed by atoms with Gasteiger partial charge in [0.15, 0.2) is 0 Å². The Bertz CT molecular complexity index is 5970. The van der Waals surface area contributed by atoms with E-state index >= 15 is 4.79 Å². The maximum Gasteiger partial charge on any atom is 0.266 e. The molecule has 0 radical (unpaired) electrons. The number of amides is 10. The molecule has 2 atom stereocenters. The Kier molecular flexibility index (Phi) is 27.7. The number of rotatable bonds is 35. The number of imide groups is 3. The Morgan fingerprint density at radius 1 is 0.469 bits per heavy atom. The van der Waals surface area contributed by atoms with Gasteiger partial charge in [-0.2, -0.15) is 0 Å². The number of carbonyl (C=O) groups excluding carboxylic acids is 10. The summed E-state index contributed by atoms with van der Waals surface area (Å²) >= 11 is 13.3. The Labute approximate surface area is 762 Å². The molecule has 0 bridgehead atoms. The summed E-state index contributed by atoms with van der Waals surface area (Å²) in [7, 11) is 0. The number of likely N-dealkylation sites (tertiary alicyclic amines) is 1. The third-order valence-electron chi connectivity index (χ3n) is 25.6. The molecule has 4 aromatic heterocycles. The molecule has 5 N–H and O–H groups in total. The topological polar surface area (TPSA) is 346 Å². The number of unbranched alkanes of at least 4 members (excludes halogenated alkanes) is 8. The van der Waals surface area contributed by atoms with Crippen molar-refractivity contribution in [1.29, 1.82) is 0 Å². The lowest BCUT2D eigenvalue weighted by Crippen LogP contribution is -2.54. The van der Waals surface area contributed by atoms with Crippen molar-refractivity contribution in [3.05, 3.63) is 215 Å². The van der Waals surface area contributed by atoms with E-state index in [0.717, 1.165) is 122 Å². The van der Waals surface area contributed by atoms with E-state index in [2.05, 4.69) is 68.5 Å². The van der Waals surface area contributed by atoms with Crippen LogP contribution in [0.1, 0.15) is 165 Å². The first kappa shape index (κ1) is 88.8. The van der Waals surface area contributed by atoms with Gasteiger partial charge in [0.1, 0.15) is 23.6 Å². The molecule has 10 amide bonds. The molecule has 11 heterocycles. The standard InChI is InChI=1S/C99H101Cl2N17O12/c100-77-60-104-97(111-88(77)67-26-17-24-65(52-67)63-20-9-6-10-21-63)107-70-54-69(56-102-57-70)106-82(119)28-13-8-15-41-113-46-48-114(49-47-113)42-19-51-130-90-74(30-31-75-87(90)95(127)118(93(75)125)80-34-37-84(121)110-92(80)124)73-32-35-81(76-62-117(94(126)86(73)76)79-33-36-83(120)109-91(79)123)129-50-16-5-3-1-2-4-14-29-85(122)115-43-38-99(39-44-115)40-45-116(96(99)128)72-55-71(58-103-59-72)108-98-105-61-78(101)89(112-98)68-27-18-25-66(53-68)64-22-11-7-12-23-64/h6-7,9-12,17-18,20-27,30-32,35,52-61,79-80H,1-5,8,13-16,19,28-29,33-34,36-51,62H2,(H,106,119)(H,104,107,111)(H,105,108,112)(H,109,120,123)(H,110,121,124). The highest BCUT2D eigenvalue weighted by molar-refractivity contribution is 6.33. The van der Waals surface area contributed by atoms with Crippen molar-refractivity contribution in [3.8, 4) is 67.4 Å². The van der Waals surface area contributed by atoms with Crippen molar-refractivity contribution in [3.63, 3.8) is 0 Å². The van der Waals surface area contributed by atoms with Gasteiger partial charge in [0.2, 0.25) is 53.2 Å². The lowest BCUT2D eigenvalue weighted by Gasteiger charge is -2.38. The third kappa shape index (κ3) is 20.3. The predicted molar refractivity (Wildman–Crippen MR) is 493 cm³/mol. The summed E-state index contributed by atoms with van der Waals surface area (Å²) < 4.78 is 13.3. The fourth-order valence-electron chi connectivity index (χ4n) is 18.6. The Balaban J connectivity index is 0.465. The normalized spacial score (nSPS) is 17.5. The summed E-state index contributed by atoms with van der Waals surface area (Å²) in [6, 6.07) is 44.2. The number of piperazine rings is 1. The number of piperidine rings is 3. The van der Waals surface area contributed by atoms with Crippen LogP contribution in [-0.2, 0) is 40.1 Å². The van der Waals surface area contributed by atoms with Crippen molar-refractivity contribution in [2.75, 3.05) is 93.0 Å². The van der Waals surface area contributed by atoms with Crippen LogP contribution < -0.4 is 41.0 Å². The number of carbonyl (C=O) groups is 10. The van der Waals surface area contributed by atoms with Crippen molar-refractivity contribution < 1.29 is 57.4 Å². The van der Waals surface area contributed by atoms with E-state index in [9.17, 15) is 43.2 Å². The second-order valence-corrected chi connectivity index (χ2v) is 35.0. The van der Waals surface area contributed by atoms with Crippen LogP contribution >= 0.6 is 23.2 Å². The highest BCUT2D eigenvalue weighted by Gasteiger charge is 2.51. The second-order valence-electron chi connectivity index (χ2n) is 34.2. The lowest BCUT2D eigenvalue weighted by atomic mass is 9.77. The molecule has 29 nitrogen and oxygen atoms in total. The Hall–Kier alpha value is -13.2. The number of nitrogens with one attached hydrogen (secondary N) is 5. The van der Waals surface area contributed by atoms with Gasteiger partial charge in [-0.3, -0.25) is 73.4 Å². The van der Waals surface area contributed by atoms with E-state index in [4.69, 9.17) is 42.6 Å². The van der Waals surface area contributed by atoms with E-state index in [0.29, 0.717) is 163 Å². The zero-order valence-electron chi connectivity index (χ0n) is 72.1. The predicted octanol–water partition coefficient (Wildman–Crippen LogP) is 15.5. The molecule has 0 saturated carbocycles. The van der Waals surface area contributed by atoms with Gasteiger partial charge in [-0.25, -0.2) is 19.9 Å². The van der Waals surface area contributed by atoms with Gasteiger partial charge in [0, 0.05) is 100 Å². The highest BCUT2D eigenvalue weighted by Crippen LogP contribution is 2.48. The van der Waals surface area contributed by atoms with Crippen LogP contribution in [0, 0.1) is 5.41 Å². The summed E-state index contributed by atoms with van der Waals surface area (Å²) in [4.78, 5) is 175. The average Bonchev–Trinajstić information content (AvgIpc) is 1.57. The largest absolute Gasteiger partial charge is 0.493 e. The van der Waals surface area contributed by atoms with Gasteiger partial charge in [0.05, 0.1) is 123 Å². The quantitative estimate of drug-likeness (QED) is 0.0182. The van der Waals surface area contributed by atoms with Gasteiger partial charge < -0.3 is 49.9 Å². The molecule has 5 fully saturated rings. The molecule has 5 saturated heterocycles. The van der Waals surface area contributed by atoms with Crippen molar-refractivity contribution in [2.45, 2.75) is 147 Å². The van der Waals surface area contributed by atoms with Gasteiger partial charge in [0.25, 0.3) is 17.7 Å². The van der Waals surface area contributed by atoms with E-state index in [1.807, 2.05) is 108 Å². The molecular formula is C99H101Cl2N17O12. The minimum Gasteiger partial charge on any atom is -0.493 e. The molecule has 6 aromatic carbocycles. The number of ether oxygens (including phenoxy) is 2. The minimum absolute atomic E-state index is 0.00326. The van der Waals surface area contributed by atoms with Crippen molar-refractivity contribution in [1.82, 2.24) is 65.0 Å². The molecule has 0 aliphatic carbocycles. The Morgan fingerprint density at radius 2 is 1.00 bits per heavy atom. The molecular weight excluding hydrogens is 1690 g/mol. The summed E-state index contributed by atoms with van der Waals surface area (Å²) in [6.07, 6.45) is 21.4. The first-order chi connectivity index (χ1) is 63.3. The molecule has 668 valence electrons. The minimum atomic E-state index is -1.25. The fraction of sp³-hybridized carbons (Fsp3) is 0.354. The van der Waals surface area contributed by atoms with Crippen LogP contribution in [0.15, 0.2) is 183 Å². The van der Waals surface area contributed by atoms with E-state index < -0.39 is 58.8 Å². The van der Waals surface area contributed by atoms with Gasteiger partial charge in [-0.1, -0.05) is 159 Å². The number of pyridine rings is 2. The van der Waals surface area contributed by atoms with E-state index in [1.54, 1.807) is 66.3 Å². The molecule has 2 unspecified atom stereocenters. The number of nitrogens with zero attached hydrogens (tertiary/aromatic N) is 12. The van der Waals surface area contributed by atoms with Crippen molar-refractivity contribution in [2.24, 2.45) is 5.41 Å². The molecule has 130 heavy (non-hydrogen) atoms. The summed E-state index contributed by atoms with van der Waals surface area (Å²) in [5.41, 5.74) is 10.2. The molecule has 1 spiro atoms. The SMILES string of the molecule is O=C1CCC(N2Cc3c(OCCCCCCCCCC(=O)N4CCC5(CC4)CCN(c4cncc(Nc6ncc(Cl)c(-c7cccc(-c8ccccc8)c7)n6)c4)C5=O)ccc(-c4ccc5c(c4OCCCN4CCN(CCCCCC(=O)Nc6cncc(Nc7ncc(Cl)c(-c8cccc(-c9ccccc9)c8)n7)c6)CC4)C(=O)N(C4CCC(=O)NC4=O)C5=O)c3C2=O)C(=O)N1. The lowest BCUT2D eigenvalue weighted by molar-refractivity contribution is -0.138. The van der Waals surface area contributed by atoms with Crippen molar-refractivity contribution >= 4 is 117 Å². The van der Waals surface area contributed by atoms with Crippen LogP contribution in [0.3, 0.4) is 0 Å². The van der Waals surface area contributed by atoms with Gasteiger partial charge >= 0.3 is 0 Å². The smallest absolute Gasteiger partial charge is 0.266 e. The molecule has 10 aromatic rings. The third-order valence-corrected chi connectivity index (χ3v) is 26.2. The zero-order valence-corrected chi connectivity index (χ0v) is 73.6. The molecule has 17 rings (SSSR count). The van der Waals surface area contributed by atoms with E-state index in [1.165, 1.54) is 11.0 Å². The fourth-order valence-corrected chi connectivity index (χ4v) is 19.0. The van der Waals surface area contributed by atoms with Crippen LogP contribution in [0.5, 0.6) is 11.5 Å². The highest BCUT2D eigenvalue weighted by atomic mass is 35.5. The van der Waals surface area contributed by atoms with Crippen LogP contribution in [0.2, 0.25) is 10.0 Å². The number of benzene rings is 6. The summed E-state index contributed by atoms with van der Waals surface area (Å²) in [6.45, 7) is 6.76. The van der Waals surface area contributed by atoms with Crippen LogP contribution in [0.4, 0.5) is 34.6 Å². The summed E-state index contributed by atoms with van der Waals surface area (Å²) in [5.74, 6) is -3.13. The zero-order chi connectivity index (χ0) is 89.8. The Morgan fingerprint density at radius 3 is 1.64 bits per heavy atom. The number of hydrogen-bond acceptors (Lipinski definition) is 22. The van der Waals surface area contributed by atoms with Crippen LogP contribution in [0.25, 0.3) is 55.9 Å². The number of aromatic nitrogens is 6. The second kappa shape index (κ2) is 40.6. The average molecular weight is 1790 g/mol.